The van der Waals surface area contributed by atoms with Gasteiger partial charge in [0, 0.05) is 11.0 Å². The molecule has 0 aromatic rings. The summed E-state index contributed by atoms with van der Waals surface area (Å²) in [4.78, 5) is 25.6. The molecule has 0 spiro atoms. The van der Waals surface area contributed by atoms with Gasteiger partial charge in [-0.1, -0.05) is 32.6 Å². The fourth-order valence-corrected chi connectivity index (χ4v) is 2.60. The molecule has 16 heavy (non-hydrogen) atoms. The molecular formula is C13H17NO2. The predicted molar refractivity (Wildman–Crippen MR) is 61.5 cm³/mol. The van der Waals surface area contributed by atoms with Crippen molar-refractivity contribution in [3.8, 4) is 0 Å². The number of likely N-dealkylation sites (tertiary alicyclic amines) is 1. The van der Waals surface area contributed by atoms with E-state index in [0.29, 0.717) is 5.57 Å². The van der Waals surface area contributed by atoms with Gasteiger partial charge >= 0.3 is 0 Å². The molecule has 86 valence electrons. The Morgan fingerprint density at radius 3 is 2.38 bits per heavy atom. The third-order valence-electron chi connectivity index (χ3n) is 4.21. The molecule has 0 unspecified atom stereocenters. The van der Waals surface area contributed by atoms with E-state index < -0.39 is 5.41 Å². The summed E-state index contributed by atoms with van der Waals surface area (Å²) in [6.07, 6.45) is 3.89. The Balaban J connectivity index is 2.49. The SMILES string of the molecule is C=C(C)C(=O)N1C(=O)[C@]2(C)C=C[C@H]1C2(C)C. The molecule has 0 aromatic carbocycles. The van der Waals surface area contributed by atoms with Gasteiger partial charge in [0.05, 0.1) is 11.5 Å². The highest BCUT2D eigenvalue weighted by Crippen LogP contribution is 2.56. The number of carbonyl (C=O) groups is 2. The number of rotatable bonds is 1. The summed E-state index contributed by atoms with van der Waals surface area (Å²) in [6.45, 7) is 11.2. The normalized spacial score (nSPS) is 34.6. The zero-order valence-corrected chi connectivity index (χ0v) is 10.2. The Morgan fingerprint density at radius 2 is 2.00 bits per heavy atom. The Labute approximate surface area is 95.8 Å². The van der Waals surface area contributed by atoms with Crippen molar-refractivity contribution < 1.29 is 9.59 Å². The van der Waals surface area contributed by atoms with Crippen LogP contribution in [0.25, 0.3) is 0 Å². The van der Waals surface area contributed by atoms with Crippen molar-refractivity contribution in [1.29, 1.82) is 0 Å². The van der Waals surface area contributed by atoms with Gasteiger partial charge in [-0.2, -0.15) is 0 Å². The summed E-state index contributed by atoms with van der Waals surface area (Å²) in [5.74, 6) is -0.353. The highest BCUT2D eigenvalue weighted by Gasteiger charge is 2.64. The van der Waals surface area contributed by atoms with Gasteiger partial charge in [0.1, 0.15) is 0 Å². The van der Waals surface area contributed by atoms with Gasteiger partial charge in [-0.25, -0.2) is 0 Å². The lowest BCUT2D eigenvalue weighted by Crippen LogP contribution is -2.42. The first kappa shape index (κ1) is 11.1. The second kappa shape index (κ2) is 2.84. The lowest BCUT2D eigenvalue weighted by atomic mass is 9.70. The minimum Gasteiger partial charge on any atom is -0.273 e. The quantitative estimate of drug-likeness (QED) is 0.499. The van der Waals surface area contributed by atoms with Gasteiger partial charge in [0.15, 0.2) is 0 Å². The number of hydrogen-bond donors (Lipinski definition) is 0. The van der Waals surface area contributed by atoms with Crippen LogP contribution in [0.15, 0.2) is 24.3 Å². The smallest absolute Gasteiger partial charge is 0.256 e. The van der Waals surface area contributed by atoms with Crippen molar-refractivity contribution in [2.75, 3.05) is 0 Å². The molecule has 2 bridgehead atoms. The van der Waals surface area contributed by atoms with E-state index in [1.54, 1.807) is 6.92 Å². The number of fused-ring (bicyclic) bond motifs is 2. The molecule has 1 aliphatic heterocycles. The minimum atomic E-state index is -0.553. The molecule has 0 N–H and O–H groups in total. The maximum Gasteiger partial charge on any atom is 0.256 e. The van der Waals surface area contributed by atoms with E-state index >= 15 is 0 Å². The topological polar surface area (TPSA) is 37.4 Å². The molecule has 3 heteroatoms. The molecule has 3 nitrogen and oxygen atoms in total. The summed E-state index contributed by atoms with van der Waals surface area (Å²) in [6, 6.07) is -0.130. The van der Waals surface area contributed by atoms with Gasteiger partial charge < -0.3 is 0 Å². The average molecular weight is 219 g/mol. The van der Waals surface area contributed by atoms with E-state index in [0.717, 1.165) is 0 Å². The van der Waals surface area contributed by atoms with Gasteiger partial charge in [0.25, 0.3) is 5.91 Å². The summed E-state index contributed by atoms with van der Waals surface area (Å²) < 4.78 is 0. The van der Waals surface area contributed by atoms with Gasteiger partial charge in [-0.05, 0) is 13.8 Å². The number of hydrogen-bond acceptors (Lipinski definition) is 2. The van der Waals surface area contributed by atoms with Gasteiger partial charge in [0.2, 0.25) is 5.91 Å². The van der Waals surface area contributed by atoms with Crippen LogP contribution in [0, 0.1) is 10.8 Å². The molecule has 0 radical (unpaired) electrons. The van der Waals surface area contributed by atoms with Crippen LogP contribution in [0.4, 0.5) is 0 Å². The summed E-state index contributed by atoms with van der Waals surface area (Å²) in [5, 5.41) is 0. The van der Waals surface area contributed by atoms with E-state index in [9.17, 15) is 9.59 Å². The second-order valence-corrected chi connectivity index (χ2v) is 5.49. The van der Waals surface area contributed by atoms with Crippen molar-refractivity contribution >= 4 is 11.8 Å². The van der Waals surface area contributed by atoms with E-state index in [1.165, 1.54) is 4.90 Å². The van der Waals surface area contributed by atoms with E-state index in [-0.39, 0.29) is 23.3 Å². The lowest BCUT2D eigenvalue weighted by molar-refractivity contribution is -0.144. The summed E-state index contributed by atoms with van der Waals surface area (Å²) in [5.41, 5.74) is -0.369. The Bertz CT molecular complexity index is 433. The van der Waals surface area contributed by atoms with Crippen molar-refractivity contribution in [3.63, 3.8) is 0 Å². The molecule has 0 aromatic heterocycles. The van der Waals surface area contributed by atoms with Crippen LogP contribution in [-0.2, 0) is 9.59 Å². The van der Waals surface area contributed by atoms with Crippen molar-refractivity contribution in [2.24, 2.45) is 10.8 Å². The van der Waals surface area contributed by atoms with Crippen molar-refractivity contribution in [1.82, 2.24) is 4.90 Å². The molecule has 2 atom stereocenters. The van der Waals surface area contributed by atoms with E-state index in [4.69, 9.17) is 0 Å². The molecule has 2 aliphatic rings. The molecule has 2 rings (SSSR count). The van der Waals surface area contributed by atoms with Crippen LogP contribution in [0.2, 0.25) is 0 Å². The zero-order chi connectivity index (χ0) is 12.3. The Hall–Kier alpha value is -1.38. The highest BCUT2D eigenvalue weighted by molar-refractivity contribution is 6.09. The van der Waals surface area contributed by atoms with Crippen LogP contribution in [0.5, 0.6) is 0 Å². The van der Waals surface area contributed by atoms with Gasteiger partial charge in [-0.3, -0.25) is 14.5 Å². The van der Waals surface area contributed by atoms with Crippen molar-refractivity contribution in [3.05, 3.63) is 24.3 Å². The second-order valence-electron chi connectivity index (χ2n) is 5.49. The molecule has 1 heterocycles. The fourth-order valence-electron chi connectivity index (χ4n) is 2.60. The Kier molecular flexibility index (Phi) is 1.98. The zero-order valence-electron chi connectivity index (χ0n) is 10.2. The first-order valence-electron chi connectivity index (χ1n) is 5.46. The van der Waals surface area contributed by atoms with Crippen molar-refractivity contribution in [2.45, 2.75) is 33.7 Å². The number of nitrogens with zero attached hydrogens (tertiary/aromatic N) is 1. The third-order valence-corrected chi connectivity index (χ3v) is 4.21. The molecule has 0 saturated carbocycles. The number of amides is 2. The maximum atomic E-state index is 12.3. The van der Waals surface area contributed by atoms with Crippen LogP contribution >= 0.6 is 0 Å². The van der Waals surface area contributed by atoms with E-state index in [2.05, 4.69) is 6.58 Å². The van der Waals surface area contributed by atoms with E-state index in [1.807, 2.05) is 32.9 Å². The standard InChI is InChI=1S/C13H17NO2/c1-8(2)10(15)14-9-6-7-13(5,11(14)16)12(9,3)4/h6-7,9H,1H2,2-5H3/t9-,13-/m0/s1. The van der Waals surface area contributed by atoms with Gasteiger partial charge in [-0.15, -0.1) is 0 Å². The highest BCUT2D eigenvalue weighted by atomic mass is 16.2. The van der Waals surface area contributed by atoms with Crippen LogP contribution in [0.3, 0.4) is 0 Å². The lowest BCUT2D eigenvalue weighted by Gasteiger charge is -2.29. The summed E-state index contributed by atoms with van der Waals surface area (Å²) in [7, 11) is 0. The summed E-state index contributed by atoms with van der Waals surface area (Å²) >= 11 is 0. The molecule has 1 aliphatic carbocycles. The Morgan fingerprint density at radius 1 is 1.44 bits per heavy atom. The van der Waals surface area contributed by atoms with Crippen LogP contribution in [-0.4, -0.2) is 22.8 Å². The monoisotopic (exact) mass is 219 g/mol. The largest absolute Gasteiger partial charge is 0.273 e. The molecule has 1 fully saturated rings. The predicted octanol–water partition coefficient (Wildman–Crippen LogP) is 1.90. The van der Waals surface area contributed by atoms with Crippen LogP contribution < -0.4 is 0 Å². The minimum absolute atomic E-state index is 0.0991. The number of imide groups is 1. The van der Waals surface area contributed by atoms with Crippen LogP contribution in [0.1, 0.15) is 27.7 Å². The fraction of sp³-hybridized carbons (Fsp3) is 0.538. The molecule has 2 amide bonds. The third kappa shape index (κ3) is 0.984. The maximum absolute atomic E-state index is 12.3. The molecule has 1 saturated heterocycles. The average Bonchev–Trinajstić information content (AvgIpc) is 2.48. The first-order chi connectivity index (χ1) is 7.23. The number of carbonyl (C=O) groups excluding carboxylic acids is 2. The molecular weight excluding hydrogens is 202 g/mol. The first-order valence-corrected chi connectivity index (χ1v) is 5.46.